The van der Waals surface area contributed by atoms with Gasteiger partial charge in [0.2, 0.25) is 0 Å². The van der Waals surface area contributed by atoms with E-state index in [4.69, 9.17) is 4.74 Å². The van der Waals surface area contributed by atoms with E-state index in [1.807, 2.05) is 0 Å². The van der Waals surface area contributed by atoms with Crippen molar-refractivity contribution in [3.63, 3.8) is 0 Å². The highest BCUT2D eigenvalue weighted by atomic mass is 127. The van der Waals surface area contributed by atoms with Crippen molar-refractivity contribution in [2.75, 3.05) is 7.11 Å². The Balaban J connectivity index is 3.37. The van der Waals surface area contributed by atoms with Crippen molar-refractivity contribution in [3.8, 4) is 0 Å². The van der Waals surface area contributed by atoms with E-state index in [1.165, 1.54) is 6.42 Å². The molecule has 0 aliphatic heterocycles. The normalized spacial score (nSPS) is 18.0. The quantitative estimate of drug-likeness (QED) is 0.532. The molecule has 0 spiro atoms. The molecule has 1 nitrogen and oxygen atoms in total. The highest BCUT2D eigenvalue weighted by Gasteiger charge is 2.15. The number of halogens is 1. The summed E-state index contributed by atoms with van der Waals surface area (Å²) in [6.45, 7) is 4.26. The molecule has 1 atom stereocenters. The van der Waals surface area contributed by atoms with E-state index in [2.05, 4.69) is 36.4 Å². The van der Waals surface area contributed by atoms with Gasteiger partial charge >= 0.3 is 0 Å². The van der Waals surface area contributed by atoms with Crippen molar-refractivity contribution in [1.82, 2.24) is 0 Å². The minimum absolute atomic E-state index is 0.0620. The lowest BCUT2D eigenvalue weighted by Crippen LogP contribution is -2.16. The van der Waals surface area contributed by atoms with E-state index in [9.17, 15) is 0 Å². The van der Waals surface area contributed by atoms with E-state index in [0.717, 1.165) is 6.42 Å². The number of hydrogen-bond donors (Lipinski definition) is 0. The molecular weight excluding hydrogens is 215 g/mol. The molecule has 1 unspecified atom stereocenters. The Bertz CT molecular complexity index is 61.5. The molecular formula is C6H13IO. The fraction of sp³-hybridized carbons (Fsp3) is 1.00. The lowest BCUT2D eigenvalue weighted by atomic mass is 10.2. The second kappa shape index (κ2) is 3.67. The van der Waals surface area contributed by atoms with E-state index < -0.39 is 0 Å². The highest BCUT2D eigenvalue weighted by molar-refractivity contribution is 14.1. The molecule has 0 heterocycles. The predicted molar refractivity (Wildman–Crippen MR) is 44.3 cm³/mol. The highest BCUT2D eigenvalue weighted by Crippen LogP contribution is 2.23. The fourth-order valence-corrected chi connectivity index (χ4v) is 1.09. The molecule has 0 amide bonds. The zero-order valence-corrected chi connectivity index (χ0v) is 7.86. The van der Waals surface area contributed by atoms with Crippen molar-refractivity contribution < 1.29 is 4.74 Å². The van der Waals surface area contributed by atoms with Gasteiger partial charge in [-0.15, -0.1) is 0 Å². The van der Waals surface area contributed by atoms with Crippen molar-refractivity contribution in [3.05, 3.63) is 0 Å². The summed E-state index contributed by atoms with van der Waals surface area (Å²) in [6, 6.07) is 0. The number of ether oxygens (including phenoxy) is 1. The monoisotopic (exact) mass is 228 g/mol. The molecule has 8 heavy (non-hydrogen) atoms. The first-order valence-electron chi connectivity index (χ1n) is 2.86. The van der Waals surface area contributed by atoms with Gasteiger partial charge in [0.1, 0.15) is 3.61 Å². The molecule has 0 bridgehead atoms. The second-order valence-electron chi connectivity index (χ2n) is 2.06. The third-order valence-electron chi connectivity index (χ3n) is 1.12. The standard InChI is InChI=1S/C6H13IO/c1-4-5-6(2,7)8-3/h4-5H2,1-3H3. The zero-order chi connectivity index (χ0) is 6.62. The van der Waals surface area contributed by atoms with Gasteiger partial charge < -0.3 is 4.74 Å². The van der Waals surface area contributed by atoms with Gasteiger partial charge in [-0.1, -0.05) is 13.3 Å². The van der Waals surface area contributed by atoms with Crippen molar-refractivity contribution in [2.24, 2.45) is 0 Å². The van der Waals surface area contributed by atoms with Gasteiger partial charge in [0, 0.05) is 7.11 Å². The first kappa shape index (κ1) is 8.69. The zero-order valence-electron chi connectivity index (χ0n) is 5.70. The van der Waals surface area contributed by atoms with Crippen LogP contribution in [-0.4, -0.2) is 10.7 Å². The summed E-state index contributed by atoms with van der Waals surface area (Å²) in [5, 5.41) is 0. The Morgan fingerprint density at radius 1 is 1.62 bits per heavy atom. The van der Waals surface area contributed by atoms with Gasteiger partial charge in [-0.05, 0) is 35.9 Å². The minimum atomic E-state index is 0.0620. The molecule has 0 rings (SSSR count). The second-order valence-corrected chi connectivity index (χ2v) is 4.34. The Morgan fingerprint density at radius 3 is 2.25 bits per heavy atom. The average molecular weight is 228 g/mol. The van der Waals surface area contributed by atoms with Crippen LogP contribution < -0.4 is 0 Å². The molecule has 0 aliphatic rings. The summed E-state index contributed by atoms with van der Waals surface area (Å²) >= 11 is 2.32. The Labute approximate surface area is 64.9 Å². The predicted octanol–water partition coefficient (Wildman–Crippen LogP) is 2.58. The Hall–Kier alpha value is 0.690. The third kappa shape index (κ3) is 3.66. The number of alkyl halides is 1. The molecule has 0 fully saturated rings. The van der Waals surface area contributed by atoms with Crippen molar-refractivity contribution in [1.29, 1.82) is 0 Å². The maximum absolute atomic E-state index is 5.16. The summed E-state index contributed by atoms with van der Waals surface area (Å²) in [7, 11) is 1.75. The summed E-state index contributed by atoms with van der Waals surface area (Å²) in [4.78, 5) is 0. The van der Waals surface area contributed by atoms with Gasteiger partial charge in [-0.2, -0.15) is 0 Å². The van der Waals surface area contributed by atoms with E-state index >= 15 is 0 Å². The van der Waals surface area contributed by atoms with Crippen LogP contribution in [0.2, 0.25) is 0 Å². The van der Waals surface area contributed by atoms with Gasteiger partial charge in [-0.25, -0.2) is 0 Å². The maximum atomic E-state index is 5.16. The summed E-state index contributed by atoms with van der Waals surface area (Å²) in [6.07, 6.45) is 2.32. The molecule has 0 aliphatic carbocycles. The van der Waals surface area contributed by atoms with Crippen LogP contribution in [0.15, 0.2) is 0 Å². The lowest BCUT2D eigenvalue weighted by molar-refractivity contribution is 0.0947. The molecule has 0 saturated heterocycles. The average Bonchev–Trinajstić information content (AvgIpc) is 1.67. The molecule has 0 radical (unpaired) electrons. The number of hydrogen-bond acceptors (Lipinski definition) is 1. The summed E-state index contributed by atoms with van der Waals surface area (Å²) in [5.41, 5.74) is 0. The minimum Gasteiger partial charge on any atom is -0.368 e. The molecule has 0 aromatic carbocycles. The van der Waals surface area contributed by atoms with Gasteiger partial charge in [-0.3, -0.25) is 0 Å². The summed E-state index contributed by atoms with van der Waals surface area (Å²) < 4.78 is 5.23. The molecule has 0 saturated carbocycles. The summed E-state index contributed by atoms with van der Waals surface area (Å²) in [5.74, 6) is 0. The lowest BCUT2D eigenvalue weighted by Gasteiger charge is -2.18. The van der Waals surface area contributed by atoms with Crippen LogP contribution in [0.5, 0.6) is 0 Å². The van der Waals surface area contributed by atoms with Crippen LogP contribution >= 0.6 is 22.6 Å². The van der Waals surface area contributed by atoms with E-state index in [0.29, 0.717) is 0 Å². The first-order chi connectivity index (χ1) is 3.62. The molecule has 50 valence electrons. The molecule has 0 aromatic rings. The largest absolute Gasteiger partial charge is 0.368 e. The van der Waals surface area contributed by atoms with Gasteiger partial charge in [0.25, 0.3) is 0 Å². The Morgan fingerprint density at radius 2 is 2.12 bits per heavy atom. The van der Waals surface area contributed by atoms with Crippen LogP contribution in [0.4, 0.5) is 0 Å². The van der Waals surface area contributed by atoms with E-state index in [-0.39, 0.29) is 3.61 Å². The first-order valence-corrected chi connectivity index (χ1v) is 3.94. The number of methoxy groups -OCH3 is 1. The van der Waals surface area contributed by atoms with Crippen LogP contribution in [0.25, 0.3) is 0 Å². The van der Waals surface area contributed by atoms with E-state index in [1.54, 1.807) is 7.11 Å². The fourth-order valence-electron chi connectivity index (χ4n) is 0.549. The molecule has 0 aromatic heterocycles. The number of rotatable bonds is 3. The SMILES string of the molecule is CCCC(C)(I)OC. The van der Waals surface area contributed by atoms with Crippen LogP contribution in [0.3, 0.4) is 0 Å². The van der Waals surface area contributed by atoms with Crippen LogP contribution in [0, 0.1) is 0 Å². The third-order valence-corrected chi connectivity index (χ3v) is 2.10. The molecule has 2 heteroatoms. The molecule has 0 N–H and O–H groups in total. The van der Waals surface area contributed by atoms with Gasteiger partial charge in [0.05, 0.1) is 0 Å². The van der Waals surface area contributed by atoms with Crippen molar-refractivity contribution in [2.45, 2.75) is 30.3 Å². The van der Waals surface area contributed by atoms with Gasteiger partial charge in [0.15, 0.2) is 0 Å². The van der Waals surface area contributed by atoms with Crippen molar-refractivity contribution >= 4 is 22.6 Å². The Kier molecular flexibility index (Phi) is 3.98. The van der Waals surface area contributed by atoms with Crippen LogP contribution in [-0.2, 0) is 4.74 Å². The smallest absolute Gasteiger partial charge is 0.116 e. The van der Waals surface area contributed by atoms with Crippen LogP contribution in [0.1, 0.15) is 26.7 Å². The topological polar surface area (TPSA) is 9.23 Å². The maximum Gasteiger partial charge on any atom is 0.116 e.